The van der Waals surface area contributed by atoms with Gasteiger partial charge >= 0.3 is 0 Å². The molecule has 1 N–H and O–H groups in total. The van der Waals surface area contributed by atoms with Crippen molar-refractivity contribution in [2.24, 2.45) is 5.10 Å². The summed E-state index contributed by atoms with van der Waals surface area (Å²) in [5.74, 6) is 0.143. The van der Waals surface area contributed by atoms with Gasteiger partial charge in [0.05, 0.1) is 11.8 Å². The lowest BCUT2D eigenvalue weighted by Crippen LogP contribution is -2.26. The lowest BCUT2D eigenvalue weighted by atomic mass is 9.97. The molecule has 0 aliphatic carbocycles. The molecule has 0 aromatic heterocycles. The van der Waals surface area contributed by atoms with Gasteiger partial charge in [-0.05, 0) is 23.8 Å². The molecule has 0 spiro atoms. The second-order valence-electron chi connectivity index (χ2n) is 5.42. The zero-order chi connectivity index (χ0) is 16.4. The zero-order valence-corrected chi connectivity index (χ0v) is 14.3. The second kappa shape index (κ2) is 6.54. The van der Waals surface area contributed by atoms with E-state index in [-0.39, 0.29) is 17.7 Å². The second-order valence-corrected chi connectivity index (χ2v) is 6.34. The number of phenolic OH excluding ortho intramolecular Hbond substituents is 1. The van der Waals surface area contributed by atoms with Crippen LogP contribution in [0.15, 0.2) is 58.1 Å². The number of phenols is 1. The standard InChI is InChI=1S/C18H17BrN2O2/c1-2-18(23)21-16(14-5-3-4-6-17(14)22)11-15(20-21)12-7-9-13(19)10-8-12/h3-10,16,22H,2,11H2,1H3/t16-/m0/s1. The first-order valence-electron chi connectivity index (χ1n) is 7.53. The SMILES string of the molecule is CCC(=O)N1N=C(c2ccc(Br)cc2)C[C@H]1c1ccccc1O. The molecule has 0 saturated carbocycles. The molecule has 0 unspecified atom stereocenters. The third-order valence-electron chi connectivity index (χ3n) is 3.94. The maximum Gasteiger partial charge on any atom is 0.242 e. The number of hydrazone groups is 1. The van der Waals surface area contributed by atoms with E-state index in [4.69, 9.17) is 0 Å². The van der Waals surface area contributed by atoms with Crippen LogP contribution in [0.1, 0.15) is 36.9 Å². The minimum atomic E-state index is -0.262. The summed E-state index contributed by atoms with van der Waals surface area (Å²) >= 11 is 3.42. The summed E-state index contributed by atoms with van der Waals surface area (Å²) in [7, 11) is 0. The third-order valence-corrected chi connectivity index (χ3v) is 4.47. The molecule has 1 heterocycles. The average Bonchev–Trinajstić information content (AvgIpc) is 3.00. The molecule has 1 aliphatic heterocycles. The van der Waals surface area contributed by atoms with Gasteiger partial charge in [0, 0.05) is 22.9 Å². The van der Waals surface area contributed by atoms with Crippen LogP contribution in [-0.4, -0.2) is 21.7 Å². The highest BCUT2D eigenvalue weighted by atomic mass is 79.9. The van der Waals surface area contributed by atoms with E-state index < -0.39 is 0 Å². The van der Waals surface area contributed by atoms with Crippen LogP contribution in [0.4, 0.5) is 0 Å². The molecule has 2 aromatic rings. The summed E-state index contributed by atoms with van der Waals surface area (Å²) in [6.45, 7) is 1.82. The van der Waals surface area contributed by atoms with Crippen molar-refractivity contribution in [3.05, 3.63) is 64.1 Å². The van der Waals surface area contributed by atoms with Crippen molar-refractivity contribution >= 4 is 27.5 Å². The number of para-hydroxylation sites is 1. The predicted molar refractivity (Wildman–Crippen MR) is 93.3 cm³/mol. The van der Waals surface area contributed by atoms with Gasteiger partial charge in [0.1, 0.15) is 5.75 Å². The number of nitrogens with zero attached hydrogens (tertiary/aromatic N) is 2. The summed E-state index contributed by atoms with van der Waals surface area (Å²) in [6, 6.07) is 14.7. The van der Waals surface area contributed by atoms with Crippen molar-refractivity contribution in [2.45, 2.75) is 25.8 Å². The van der Waals surface area contributed by atoms with Crippen molar-refractivity contribution in [3.63, 3.8) is 0 Å². The number of amides is 1. The molecular formula is C18H17BrN2O2. The van der Waals surface area contributed by atoms with Crippen molar-refractivity contribution < 1.29 is 9.90 Å². The summed E-state index contributed by atoms with van der Waals surface area (Å²) in [4.78, 5) is 12.3. The van der Waals surface area contributed by atoms with Gasteiger partial charge < -0.3 is 5.11 Å². The molecule has 5 heteroatoms. The zero-order valence-electron chi connectivity index (χ0n) is 12.7. The van der Waals surface area contributed by atoms with E-state index in [9.17, 15) is 9.90 Å². The Morgan fingerprint density at radius 3 is 2.61 bits per heavy atom. The molecule has 4 nitrogen and oxygen atoms in total. The Labute approximate surface area is 143 Å². The first kappa shape index (κ1) is 15.7. The van der Waals surface area contributed by atoms with Crippen molar-refractivity contribution in [1.29, 1.82) is 0 Å². The fourth-order valence-electron chi connectivity index (χ4n) is 2.73. The maximum atomic E-state index is 12.3. The number of hydrogen-bond donors (Lipinski definition) is 1. The normalized spacial score (nSPS) is 17.2. The first-order chi connectivity index (χ1) is 11.1. The van der Waals surface area contributed by atoms with Gasteiger partial charge in [-0.3, -0.25) is 4.79 Å². The highest BCUT2D eigenvalue weighted by molar-refractivity contribution is 9.10. The molecule has 0 radical (unpaired) electrons. The number of carbonyl (C=O) groups is 1. The van der Waals surface area contributed by atoms with E-state index in [1.54, 1.807) is 12.1 Å². The molecule has 1 amide bonds. The topological polar surface area (TPSA) is 52.9 Å². The Kier molecular flexibility index (Phi) is 4.48. The lowest BCUT2D eigenvalue weighted by molar-refractivity contribution is -0.132. The minimum absolute atomic E-state index is 0.0506. The lowest BCUT2D eigenvalue weighted by Gasteiger charge is -2.22. The third kappa shape index (κ3) is 3.15. The van der Waals surface area contributed by atoms with Crippen LogP contribution in [0.2, 0.25) is 0 Å². The number of benzene rings is 2. The number of rotatable bonds is 3. The van der Waals surface area contributed by atoms with Crippen LogP contribution in [0.3, 0.4) is 0 Å². The average molecular weight is 373 g/mol. The van der Waals surface area contributed by atoms with E-state index in [2.05, 4.69) is 21.0 Å². The van der Waals surface area contributed by atoms with Gasteiger partial charge in [0.15, 0.2) is 0 Å². The van der Waals surface area contributed by atoms with Gasteiger partial charge in [-0.1, -0.05) is 53.2 Å². The van der Waals surface area contributed by atoms with E-state index in [1.807, 2.05) is 43.3 Å². The van der Waals surface area contributed by atoms with Gasteiger partial charge in [0.25, 0.3) is 0 Å². The number of aromatic hydroxyl groups is 1. The van der Waals surface area contributed by atoms with Gasteiger partial charge in [0.2, 0.25) is 5.91 Å². The van der Waals surface area contributed by atoms with Crippen LogP contribution in [0, 0.1) is 0 Å². The van der Waals surface area contributed by atoms with Gasteiger partial charge in [-0.2, -0.15) is 5.10 Å². The quantitative estimate of drug-likeness (QED) is 0.875. The van der Waals surface area contributed by atoms with Crippen LogP contribution < -0.4 is 0 Å². The minimum Gasteiger partial charge on any atom is -0.508 e. The number of hydrogen-bond acceptors (Lipinski definition) is 3. The molecule has 0 fully saturated rings. The Hall–Kier alpha value is -2.14. The molecule has 23 heavy (non-hydrogen) atoms. The number of carbonyl (C=O) groups excluding carboxylic acids is 1. The van der Waals surface area contributed by atoms with Crippen LogP contribution in [0.5, 0.6) is 5.75 Å². The fraction of sp³-hybridized carbons (Fsp3) is 0.222. The summed E-state index contributed by atoms with van der Waals surface area (Å²) < 4.78 is 0.999. The Morgan fingerprint density at radius 1 is 1.26 bits per heavy atom. The number of halogens is 1. The van der Waals surface area contributed by atoms with E-state index in [0.29, 0.717) is 12.8 Å². The smallest absolute Gasteiger partial charge is 0.242 e. The fourth-order valence-corrected chi connectivity index (χ4v) is 2.99. The highest BCUT2D eigenvalue weighted by Gasteiger charge is 2.33. The highest BCUT2D eigenvalue weighted by Crippen LogP contribution is 2.37. The van der Waals surface area contributed by atoms with E-state index >= 15 is 0 Å². The maximum absolute atomic E-state index is 12.3. The Bertz CT molecular complexity index is 756. The summed E-state index contributed by atoms with van der Waals surface area (Å²) in [6.07, 6.45) is 0.964. The van der Waals surface area contributed by atoms with Gasteiger partial charge in [-0.15, -0.1) is 0 Å². The summed E-state index contributed by atoms with van der Waals surface area (Å²) in [5, 5.41) is 16.2. The van der Waals surface area contributed by atoms with Crippen molar-refractivity contribution in [2.75, 3.05) is 0 Å². The van der Waals surface area contributed by atoms with Crippen LogP contribution >= 0.6 is 15.9 Å². The van der Waals surface area contributed by atoms with E-state index in [0.717, 1.165) is 21.3 Å². The molecular weight excluding hydrogens is 356 g/mol. The van der Waals surface area contributed by atoms with Crippen molar-refractivity contribution in [1.82, 2.24) is 5.01 Å². The van der Waals surface area contributed by atoms with Crippen LogP contribution in [-0.2, 0) is 4.79 Å². The summed E-state index contributed by atoms with van der Waals surface area (Å²) in [5.41, 5.74) is 2.57. The van der Waals surface area contributed by atoms with E-state index in [1.165, 1.54) is 5.01 Å². The van der Waals surface area contributed by atoms with Crippen LogP contribution in [0.25, 0.3) is 0 Å². The van der Waals surface area contributed by atoms with Crippen molar-refractivity contribution in [3.8, 4) is 5.75 Å². The first-order valence-corrected chi connectivity index (χ1v) is 8.32. The molecule has 0 saturated heterocycles. The molecule has 2 aromatic carbocycles. The largest absolute Gasteiger partial charge is 0.508 e. The monoisotopic (exact) mass is 372 g/mol. The van der Waals surface area contributed by atoms with Gasteiger partial charge in [-0.25, -0.2) is 5.01 Å². The predicted octanol–water partition coefficient (Wildman–Crippen LogP) is 4.24. The molecule has 1 aliphatic rings. The Balaban J connectivity index is 1.97. The molecule has 0 bridgehead atoms. The molecule has 3 rings (SSSR count). The molecule has 118 valence electrons. The molecule has 1 atom stereocenters. The Morgan fingerprint density at radius 2 is 1.96 bits per heavy atom.